The molecule has 1 saturated heterocycles. The van der Waals surface area contributed by atoms with E-state index in [-0.39, 0.29) is 14.0 Å². The SMILES string of the molecule is C.CO[C@H]1O[C@H](CN)[C@@H](O)[C@H](O)[C@H]1N. The van der Waals surface area contributed by atoms with Crippen molar-refractivity contribution in [1.82, 2.24) is 0 Å². The van der Waals surface area contributed by atoms with E-state index in [2.05, 4.69) is 0 Å². The first kappa shape index (κ1) is 13.8. The van der Waals surface area contributed by atoms with E-state index in [9.17, 15) is 10.2 Å². The van der Waals surface area contributed by atoms with Gasteiger partial charge in [-0.1, -0.05) is 7.43 Å². The third-order valence-electron chi connectivity index (χ3n) is 2.21. The molecule has 0 bridgehead atoms. The van der Waals surface area contributed by atoms with Gasteiger partial charge in [0.25, 0.3) is 0 Å². The summed E-state index contributed by atoms with van der Waals surface area (Å²) in [5, 5.41) is 18.9. The molecule has 5 atom stereocenters. The van der Waals surface area contributed by atoms with Crippen LogP contribution in [0.2, 0.25) is 0 Å². The number of hydrogen-bond donors (Lipinski definition) is 4. The van der Waals surface area contributed by atoms with Gasteiger partial charge in [0, 0.05) is 13.7 Å². The molecule has 0 aromatic heterocycles. The van der Waals surface area contributed by atoms with E-state index in [1.807, 2.05) is 0 Å². The first-order valence-electron chi connectivity index (χ1n) is 4.11. The maximum Gasteiger partial charge on any atom is 0.175 e. The first-order valence-corrected chi connectivity index (χ1v) is 4.11. The molecule has 1 aliphatic heterocycles. The standard InChI is InChI=1S/C7H16N2O4.CH4/c1-12-7-4(9)6(11)5(10)3(2-8)13-7;/h3-7,10-11H,2,8-9H2,1H3;1H4/t3-,4-,5-,6-,7+;/m1./s1. The average Bonchev–Trinajstić information content (AvgIpc) is 2.15. The van der Waals surface area contributed by atoms with Gasteiger partial charge in [-0.05, 0) is 0 Å². The summed E-state index contributed by atoms with van der Waals surface area (Å²) in [6.45, 7) is 0.116. The smallest absolute Gasteiger partial charge is 0.175 e. The third kappa shape index (κ3) is 2.41. The number of aliphatic hydroxyl groups excluding tert-OH is 2. The van der Waals surface area contributed by atoms with Gasteiger partial charge in [0.2, 0.25) is 0 Å². The number of aliphatic hydroxyl groups is 2. The molecule has 0 unspecified atom stereocenters. The van der Waals surface area contributed by atoms with E-state index >= 15 is 0 Å². The van der Waals surface area contributed by atoms with Crippen molar-refractivity contribution >= 4 is 0 Å². The quantitative estimate of drug-likeness (QED) is 0.418. The highest BCUT2D eigenvalue weighted by Crippen LogP contribution is 2.19. The van der Waals surface area contributed by atoms with E-state index in [1.54, 1.807) is 0 Å². The van der Waals surface area contributed by atoms with Gasteiger partial charge in [0.1, 0.15) is 18.3 Å². The molecule has 0 aromatic rings. The molecule has 0 spiro atoms. The highest BCUT2D eigenvalue weighted by atomic mass is 16.7. The van der Waals surface area contributed by atoms with Crippen LogP contribution in [0.3, 0.4) is 0 Å². The Kier molecular flexibility index (Phi) is 5.50. The van der Waals surface area contributed by atoms with Gasteiger partial charge < -0.3 is 31.2 Å². The molecule has 1 aliphatic rings. The highest BCUT2D eigenvalue weighted by molar-refractivity contribution is 4.91. The minimum Gasteiger partial charge on any atom is -0.388 e. The van der Waals surface area contributed by atoms with Crippen molar-refractivity contribution in [3.8, 4) is 0 Å². The molecule has 0 aliphatic carbocycles. The molecular weight excluding hydrogens is 188 g/mol. The third-order valence-corrected chi connectivity index (χ3v) is 2.21. The second-order valence-electron chi connectivity index (χ2n) is 3.07. The van der Waals surface area contributed by atoms with E-state index in [1.165, 1.54) is 7.11 Å². The zero-order chi connectivity index (χ0) is 10.0. The van der Waals surface area contributed by atoms with Crippen LogP contribution in [0.15, 0.2) is 0 Å². The summed E-state index contributed by atoms with van der Waals surface area (Å²) in [5.41, 5.74) is 10.9. The lowest BCUT2D eigenvalue weighted by Gasteiger charge is -2.40. The zero-order valence-electron chi connectivity index (χ0n) is 7.46. The lowest BCUT2D eigenvalue weighted by atomic mass is 9.97. The van der Waals surface area contributed by atoms with Crippen LogP contribution in [0, 0.1) is 0 Å². The number of ether oxygens (including phenoxy) is 2. The molecule has 0 amide bonds. The van der Waals surface area contributed by atoms with Crippen LogP contribution in [-0.2, 0) is 9.47 Å². The number of nitrogens with two attached hydrogens (primary N) is 2. The monoisotopic (exact) mass is 208 g/mol. The van der Waals surface area contributed by atoms with Gasteiger partial charge in [0.15, 0.2) is 6.29 Å². The van der Waals surface area contributed by atoms with Gasteiger partial charge >= 0.3 is 0 Å². The Labute approximate surface area is 83.8 Å². The van der Waals surface area contributed by atoms with E-state index in [0.29, 0.717) is 0 Å². The number of rotatable bonds is 2. The largest absolute Gasteiger partial charge is 0.388 e. The Morgan fingerprint density at radius 1 is 1.36 bits per heavy atom. The van der Waals surface area contributed by atoms with Crippen molar-refractivity contribution in [3.63, 3.8) is 0 Å². The summed E-state index contributed by atoms with van der Waals surface area (Å²) < 4.78 is 10.1. The molecule has 6 N–H and O–H groups in total. The minimum atomic E-state index is -1.06. The van der Waals surface area contributed by atoms with Crippen LogP contribution in [-0.4, -0.2) is 54.5 Å². The Balaban J connectivity index is 0.00000169. The van der Waals surface area contributed by atoms with Crippen LogP contribution >= 0.6 is 0 Å². The molecule has 1 rings (SSSR count). The maximum atomic E-state index is 9.46. The summed E-state index contributed by atoms with van der Waals surface area (Å²) in [5.74, 6) is 0. The average molecular weight is 208 g/mol. The topological polar surface area (TPSA) is 111 Å². The normalized spacial score (nSPS) is 43.1. The minimum absolute atomic E-state index is 0. The van der Waals surface area contributed by atoms with Crippen LogP contribution in [0.1, 0.15) is 7.43 Å². The van der Waals surface area contributed by atoms with Crippen LogP contribution in [0.25, 0.3) is 0 Å². The maximum absolute atomic E-state index is 9.46. The lowest BCUT2D eigenvalue weighted by molar-refractivity contribution is -0.248. The Morgan fingerprint density at radius 2 is 1.93 bits per heavy atom. The van der Waals surface area contributed by atoms with E-state index < -0.39 is 30.6 Å². The van der Waals surface area contributed by atoms with Gasteiger partial charge in [-0.25, -0.2) is 0 Å². The van der Waals surface area contributed by atoms with Crippen molar-refractivity contribution < 1.29 is 19.7 Å². The second-order valence-corrected chi connectivity index (χ2v) is 3.07. The van der Waals surface area contributed by atoms with Gasteiger partial charge in [-0.15, -0.1) is 0 Å². The molecule has 1 fully saturated rings. The van der Waals surface area contributed by atoms with Gasteiger partial charge in [-0.2, -0.15) is 0 Å². The number of hydrogen-bond acceptors (Lipinski definition) is 6. The molecule has 6 heteroatoms. The van der Waals surface area contributed by atoms with Crippen molar-refractivity contribution in [2.24, 2.45) is 11.5 Å². The van der Waals surface area contributed by atoms with Gasteiger partial charge in [-0.3, -0.25) is 0 Å². The van der Waals surface area contributed by atoms with Crippen LogP contribution in [0.4, 0.5) is 0 Å². The Bertz CT molecular complexity index is 149. The molecule has 6 nitrogen and oxygen atoms in total. The lowest BCUT2D eigenvalue weighted by Crippen LogP contribution is -2.62. The fourth-order valence-electron chi connectivity index (χ4n) is 1.36. The summed E-state index contributed by atoms with van der Waals surface area (Å²) >= 11 is 0. The van der Waals surface area contributed by atoms with Crippen LogP contribution < -0.4 is 11.5 Å². The first-order chi connectivity index (χ1) is 6.11. The van der Waals surface area contributed by atoms with Gasteiger partial charge in [0.05, 0.1) is 6.04 Å². The Morgan fingerprint density at radius 3 is 2.36 bits per heavy atom. The molecule has 0 radical (unpaired) electrons. The summed E-state index contributed by atoms with van der Waals surface area (Å²) in [4.78, 5) is 0. The highest BCUT2D eigenvalue weighted by Gasteiger charge is 2.42. The predicted octanol–water partition coefficient (Wildman–Crippen LogP) is -2.00. The summed E-state index contributed by atoms with van der Waals surface area (Å²) in [7, 11) is 1.42. The molecule has 1 heterocycles. The molecule has 14 heavy (non-hydrogen) atoms. The van der Waals surface area contributed by atoms with Crippen molar-refractivity contribution in [1.29, 1.82) is 0 Å². The van der Waals surface area contributed by atoms with Crippen molar-refractivity contribution in [3.05, 3.63) is 0 Å². The van der Waals surface area contributed by atoms with Crippen LogP contribution in [0.5, 0.6) is 0 Å². The molecule has 86 valence electrons. The predicted molar refractivity (Wildman–Crippen MR) is 51.4 cm³/mol. The molecule has 0 saturated carbocycles. The number of methoxy groups -OCH3 is 1. The van der Waals surface area contributed by atoms with Crippen molar-refractivity contribution in [2.75, 3.05) is 13.7 Å². The fourth-order valence-corrected chi connectivity index (χ4v) is 1.36. The zero-order valence-corrected chi connectivity index (χ0v) is 7.46. The van der Waals surface area contributed by atoms with E-state index in [4.69, 9.17) is 20.9 Å². The van der Waals surface area contributed by atoms with E-state index in [0.717, 1.165) is 0 Å². The Hall–Kier alpha value is -0.240. The summed E-state index contributed by atoms with van der Waals surface area (Å²) in [6, 6.07) is -0.747. The molecular formula is C8H20N2O4. The van der Waals surface area contributed by atoms with Crippen molar-refractivity contribution in [2.45, 2.75) is 38.1 Å². The second kappa shape index (κ2) is 5.59. The summed E-state index contributed by atoms with van der Waals surface area (Å²) in [6.07, 6.45) is -3.45. The molecule has 0 aromatic carbocycles. The fraction of sp³-hybridized carbons (Fsp3) is 1.00.